The first-order valence-corrected chi connectivity index (χ1v) is 14.7. The summed E-state index contributed by atoms with van der Waals surface area (Å²) in [5.74, 6) is 0.267. The van der Waals surface area contributed by atoms with Crippen molar-refractivity contribution in [3.63, 3.8) is 0 Å². The summed E-state index contributed by atoms with van der Waals surface area (Å²) in [7, 11) is 0. The second kappa shape index (κ2) is 11.7. The molecule has 1 aromatic heterocycles. The van der Waals surface area contributed by atoms with Gasteiger partial charge in [-0.15, -0.1) is 0 Å². The summed E-state index contributed by atoms with van der Waals surface area (Å²) in [4.78, 5) is 28.9. The number of carbonyl (C=O) groups is 2. The van der Waals surface area contributed by atoms with Crippen molar-refractivity contribution in [1.29, 1.82) is 0 Å². The molecule has 1 N–H and O–H groups in total. The Morgan fingerprint density at radius 2 is 1.79 bits per heavy atom. The van der Waals surface area contributed by atoms with Crippen LogP contribution in [0.1, 0.15) is 66.8 Å². The van der Waals surface area contributed by atoms with E-state index < -0.39 is 0 Å². The van der Waals surface area contributed by atoms with Crippen LogP contribution in [0.5, 0.6) is 0 Å². The van der Waals surface area contributed by atoms with Crippen LogP contribution >= 0.6 is 11.8 Å². The smallest absolute Gasteiger partial charge is 0.338 e. The third-order valence-electron chi connectivity index (χ3n) is 7.82. The Bertz CT molecular complexity index is 1360. The van der Waals surface area contributed by atoms with E-state index in [1.54, 1.807) is 30.8 Å². The van der Waals surface area contributed by atoms with E-state index in [4.69, 9.17) is 4.74 Å². The number of hydrogen-bond acceptors (Lipinski definition) is 5. The van der Waals surface area contributed by atoms with Crippen LogP contribution < -0.4 is 5.32 Å². The molecule has 1 amide bonds. The molecule has 2 heterocycles. The lowest BCUT2D eigenvalue weighted by Gasteiger charge is -2.39. The first-order chi connectivity index (χ1) is 18.9. The number of aryl methyl sites for hydroxylation is 1. The number of nitrogens with one attached hydrogen (secondary N) is 1. The van der Waals surface area contributed by atoms with Crippen molar-refractivity contribution < 1.29 is 14.3 Å². The number of thioether (sulfide) groups is 1. The van der Waals surface area contributed by atoms with Gasteiger partial charge in [0.1, 0.15) is 0 Å². The third kappa shape index (κ3) is 5.64. The van der Waals surface area contributed by atoms with Crippen molar-refractivity contribution in [1.82, 2.24) is 9.47 Å². The number of hydrogen-bond donors (Lipinski definition) is 1. The molecule has 1 saturated carbocycles. The van der Waals surface area contributed by atoms with Crippen molar-refractivity contribution in [2.75, 3.05) is 11.9 Å². The summed E-state index contributed by atoms with van der Waals surface area (Å²) in [5.41, 5.74) is 5.51. The molecule has 7 heteroatoms. The molecule has 1 saturated heterocycles. The highest BCUT2D eigenvalue weighted by molar-refractivity contribution is 8.05. The second-order valence-electron chi connectivity index (χ2n) is 10.5. The van der Waals surface area contributed by atoms with Crippen molar-refractivity contribution >= 4 is 35.4 Å². The van der Waals surface area contributed by atoms with E-state index >= 15 is 0 Å². The van der Waals surface area contributed by atoms with Gasteiger partial charge in [0.2, 0.25) is 0 Å². The van der Waals surface area contributed by atoms with Crippen LogP contribution in [-0.4, -0.2) is 39.5 Å². The highest BCUT2D eigenvalue weighted by Gasteiger charge is 2.43. The molecule has 0 spiro atoms. The lowest BCUT2D eigenvalue weighted by Crippen LogP contribution is -2.48. The molecular formula is C32H37N3O3S. The van der Waals surface area contributed by atoms with Crippen molar-refractivity contribution in [3.05, 3.63) is 88.1 Å². The minimum atomic E-state index is -0.317. The number of nitrogens with zero attached hydrogens (tertiary/aromatic N) is 2. The molecule has 3 atom stereocenters. The van der Waals surface area contributed by atoms with Gasteiger partial charge in [0.05, 0.1) is 17.1 Å². The number of esters is 1. The standard InChI is InChI=1S/C32H37N3O3S/c1-5-38-31(37)24-15-17-27(18-16-24)34-22(3)19-25(23(34)4)20-29-30(36)35(28-14-10-9-11-21(28)2)32(39-29)33-26-12-7-6-8-13-26/h6-8,12-13,15-21,28,32-33H,5,9-11,14H2,1-4H3/b29-20-/t21-,28-,32?/m1/s1. The molecule has 2 aromatic carbocycles. The zero-order valence-corrected chi connectivity index (χ0v) is 24.0. The van der Waals surface area contributed by atoms with Gasteiger partial charge in [-0.3, -0.25) is 4.79 Å². The number of carbonyl (C=O) groups excluding carboxylic acids is 2. The lowest BCUT2D eigenvalue weighted by atomic mass is 9.85. The first-order valence-electron chi connectivity index (χ1n) is 13.9. The van der Waals surface area contributed by atoms with Crippen molar-refractivity contribution in [2.24, 2.45) is 5.92 Å². The van der Waals surface area contributed by atoms with E-state index in [1.165, 1.54) is 6.42 Å². The average molecular weight is 544 g/mol. The number of amides is 1. The van der Waals surface area contributed by atoms with Crippen LogP contribution in [0, 0.1) is 19.8 Å². The lowest BCUT2D eigenvalue weighted by molar-refractivity contribution is -0.129. The van der Waals surface area contributed by atoms with Crippen LogP contribution in [0.4, 0.5) is 5.69 Å². The largest absolute Gasteiger partial charge is 0.462 e. The van der Waals surface area contributed by atoms with Gasteiger partial charge >= 0.3 is 5.97 Å². The van der Waals surface area contributed by atoms with Gasteiger partial charge in [0.25, 0.3) is 5.91 Å². The molecule has 0 radical (unpaired) electrons. The Hall–Kier alpha value is -3.45. The maximum atomic E-state index is 13.9. The normalized spacial score (nSPS) is 22.4. The van der Waals surface area contributed by atoms with Crippen molar-refractivity contribution in [2.45, 2.75) is 64.9 Å². The molecule has 6 nitrogen and oxygen atoms in total. The number of ether oxygens (including phenoxy) is 1. The van der Waals surface area contributed by atoms with Crippen molar-refractivity contribution in [3.8, 4) is 5.69 Å². The fraction of sp³-hybridized carbons (Fsp3) is 0.375. The molecule has 1 aliphatic carbocycles. The topological polar surface area (TPSA) is 63.6 Å². The summed E-state index contributed by atoms with van der Waals surface area (Å²) in [6.45, 7) is 8.57. The summed E-state index contributed by atoms with van der Waals surface area (Å²) in [6, 6.07) is 20.0. The van der Waals surface area contributed by atoms with Crippen LogP contribution in [0.2, 0.25) is 0 Å². The maximum absolute atomic E-state index is 13.9. The summed E-state index contributed by atoms with van der Waals surface area (Å²) >= 11 is 1.61. The van der Waals surface area contributed by atoms with E-state index in [2.05, 4.69) is 53.8 Å². The zero-order valence-electron chi connectivity index (χ0n) is 23.1. The quantitative estimate of drug-likeness (QED) is 0.253. The number of benzene rings is 2. The molecule has 3 aromatic rings. The van der Waals surface area contributed by atoms with E-state index in [-0.39, 0.29) is 23.4 Å². The maximum Gasteiger partial charge on any atom is 0.338 e. The monoisotopic (exact) mass is 543 g/mol. The number of aromatic nitrogens is 1. The van der Waals surface area contributed by atoms with E-state index in [0.717, 1.165) is 52.5 Å². The van der Waals surface area contributed by atoms with Crippen LogP contribution in [0.25, 0.3) is 11.8 Å². The Balaban J connectivity index is 1.45. The van der Waals surface area contributed by atoms with Gasteiger partial charge in [0.15, 0.2) is 5.50 Å². The van der Waals surface area contributed by atoms with Crippen LogP contribution in [0.15, 0.2) is 65.6 Å². The third-order valence-corrected chi connectivity index (χ3v) is 8.93. The minimum Gasteiger partial charge on any atom is -0.462 e. The van der Waals surface area contributed by atoms with Crippen LogP contribution in [-0.2, 0) is 9.53 Å². The molecule has 0 bridgehead atoms. The Morgan fingerprint density at radius 1 is 1.08 bits per heavy atom. The predicted octanol–water partition coefficient (Wildman–Crippen LogP) is 7.16. The fourth-order valence-corrected chi connectivity index (χ4v) is 7.00. The SMILES string of the molecule is CCOC(=O)c1ccc(-n2c(C)cc(/C=C3\SC(Nc4ccccc4)N([C@@H]4CCCC[C@H]4C)C3=O)c2C)cc1. The molecule has 2 fully saturated rings. The average Bonchev–Trinajstić information content (AvgIpc) is 3.39. The highest BCUT2D eigenvalue weighted by Crippen LogP contribution is 2.42. The highest BCUT2D eigenvalue weighted by atomic mass is 32.2. The minimum absolute atomic E-state index is 0.107. The van der Waals surface area contributed by atoms with E-state index in [9.17, 15) is 9.59 Å². The van der Waals surface area contributed by atoms with Gasteiger partial charge in [0, 0.05) is 28.8 Å². The zero-order chi connectivity index (χ0) is 27.5. The Morgan fingerprint density at radius 3 is 2.49 bits per heavy atom. The molecule has 1 unspecified atom stereocenters. The van der Waals surface area contributed by atoms with Gasteiger partial charge < -0.3 is 19.5 Å². The van der Waals surface area contributed by atoms with Crippen LogP contribution in [0.3, 0.4) is 0 Å². The Kier molecular flexibility index (Phi) is 8.17. The van der Waals surface area contributed by atoms with E-state index in [0.29, 0.717) is 18.1 Å². The van der Waals surface area contributed by atoms with Gasteiger partial charge in [-0.2, -0.15) is 0 Å². The first kappa shape index (κ1) is 27.1. The number of para-hydroxylation sites is 1. The summed E-state index contributed by atoms with van der Waals surface area (Å²) in [6.07, 6.45) is 6.65. The van der Waals surface area contributed by atoms with E-state index in [1.807, 2.05) is 36.4 Å². The molecule has 39 heavy (non-hydrogen) atoms. The summed E-state index contributed by atoms with van der Waals surface area (Å²) in [5, 5.41) is 3.62. The second-order valence-corrected chi connectivity index (χ2v) is 11.6. The number of anilines is 1. The molecule has 1 aliphatic heterocycles. The predicted molar refractivity (Wildman–Crippen MR) is 159 cm³/mol. The summed E-state index contributed by atoms with van der Waals surface area (Å²) < 4.78 is 7.28. The molecule has 2 aliphatic rings. The molecule has 5 rings (SSSR count). The molecule has 204 valence electrons. The number of rotatable bonds is 7. The Labute approximate surface area is 235 Å². The van der Waals surface area contributed by atoms with Gasteiger partial charge in [-0.1, -0.05) is 49.7 Å². The van der Waals surface area contributed by atoms with Gasteiger partial charge in [-0.05, 0) is 93.6 Å². The fourth-order valence-electron chi connectivity index (χ4n) is 5.80. The van der Waals surface area contributed by atoms with Gasteiger partial charge in [-0.25, -0.2) is 4.79 Å². The molecular weight excluding hydrogens is 506 g/mol.